The van der Waals surface area contributed by atoms with Crippen molar-refractivity contribution in [1.82, 2.24) is 9.78 Å². The summed E-state index contributed by atoms with van der Waals surface area (Å²) >= 11 is 0. The first-order valence-corrected chi connectivity index (χ1v) is 9.54. The zero-order valence-electron chi connectivity index (χ0n) is 16.9. The average Bonchev–Trinajstić information content (AvgIpc) is 2.73. The minimum Gasteiger partial charge on any atom is -0.496 e. The quantitative estimate of drug-likeness (QED) is 0.617. The van der Waals surface area contributed by atoms with Crippen LogP contribution in [0.1, 0.15) is 19.4 Å². The van der Waals surface area contributed by atoms with Crippen molar-refractivity contribution < 1.29 is 14.3 Å². The number of hydrogen-bond donors (Lipinski definition) is 0. The smallest absolute Gasteiger partial charge is 0.250 e. The van der Waals surface area contributed by atoms with Gasteiger partial charge in [0.05, 0.1) is 37.4 Å². The molecule has 29 heavy (non-hydrogen) atoms. The molecule has 0 aliphatic rings. The molecule has 6 heteroatoms. The fourth-order valence-corrected chi connectivity index (χ4v) is 2.77. The molecule has 0 saturated carbocycles. The molecular formula is C23H25N3O3. The molecule has 0 bridgehead atoms. The van der Waals surface area contributed by atoms with Crippen molar-refractivity contribution in [3.8, 4) is 17.3 Å². The molecule has 0 aliphatic heterocycles. The van der Waals surface area contributed by atoms with E-state index < -0.39 is 0 Å². The van der Waals surface area contributed by atoms with Gasteiger partial charge in [0, 0.05) is 11.6 Å². The fourth-order valence-electron chi connectivity index (χ4n) is 2.77. The molecule has 0 spiro atoms. The maximum absolute atomic E-state index is 12.5. The maximum Gasteiger partial charge on any atom is 0.250 e. The van der Waals surface area contributed by atoms with Crippen LogP contribution in [-0.4, -0.2) is 29.4 Å². The number of benzene rings is 2. The summed E-state index contributed by atoms with van der Waals surface area (Å²) < 4.78 is 12.9. The highest BCUT2D eigenvalue weighted by Gasteiger charge is 2.09. The first-order chi connectivity index (χ1) is 14.1. The number of hydrogen-bond acceptors (Lipinski definition) is 4. The Morgan fingerprint density at radius 1 is 1.10 bits per heavy atom. The van der Waals surface area contributed by atoms with Crippen molar-refractivity contribution >= 4 is 5.91 Å². The highest BCUT2D eigenvalue weighted by molar-refractivity contribution is 5.80. The van der Waals surface area contributed by atoms with Crippen LogP contribution in [-0.2, 0) is 11.2 Å². The van der Waals surface area contributed by atoms with Crippen LogP contribution in [0, 0.1) is 5.92 Å². The second kappa shape index (κ2) is 9.68. The Kier molecular flexibility index (Phi) is 6.79. The van der Waals surface area contributed by atoms with E-state index in [2.05, 4.69) is 23.9 Å². The summed E-state index contributed by atoms with van der Waals surface area (Å²) in [5.74, 6) is 1.29. The Bertz CT molecular complexity index is 1030. The van der Waals surface area contributed by atoms with Gasteiger partial charge in [-0.1, -0.05) is 50.2 Å². The molecule has 0 radical (unpaired) electrons. The number of carbonyl (C=O) groups is 1. The lowest BCUT2D eigenvalue weighted by Gasteiger charge is -2.14. The lowest BCUT2D eigenvalue weighted by atomic mass is 10.1. The predicted octanol–water partition coefficient (Wildman–Crippen LogP) is 3.59. The summed E-state index contributed by atoms with van der Waals surface area (Å²) in [4.78, 5) is 16.7. The van der Waals surface area contributed by atoms with Gasteiger partial charge in [-0.15, -0.1) is 0 Å². The summed E-state index contributed by atoms with van der Waals surface area (Å²) in [6.07, 6.45) is 1.72. The van der Waals surface area contributed by atoms with Gasteiger partial charge in [-0.2, -0.15) is 5.10 Å². The number of amides is 1. The molecular weight excluding hydrogens is 366 g/mol. The van der Waals surface area contributed by atoms with Gasteiger partial charge in [0.2, 0.25) is 5.88 Å². The lowest BCUT2D eigenvalue weighted by Crippen LogP contribution is -2.17. The van der Waals surface area contributed by atoms with Gasteiger partial charge in [0.15, 0.2) is 0 Å². The summed E-state index contributed by atoms with van der Waals surface area (Å²) in [6.45, 7) is 4.68. The number of para-hydroxylation sites is 2. The second-order valence-electron chi connectivity index (χ2n) is 7.00. The van der Waals surface area contributed by atoms with E-state index in [9.17, 15) is 4.79 Å². The Balaban J connectivity index is 1.90. The van der Waals surface area contributed by atoms with Gasteiger partial charge in [0.25, 0.3) is 5.91 Å². The van der Waals surface area contributed by atoms with E-state index in [0.29, 0.717) is 29.5 Å². The maximum atomic E-state index is 12.5. The van der Waals surface area contributed by atoms with E-state index in [1.165, 1.54) is 0 Å². The molecule has 3 aromatic rings. The third kappa shape index (κ3) is 5.54. The van der Waals surface area contributed by atoms with Gasteiger partial charge in [-0.3, -0.25) is 4.79 Å². The van der Waals surface area contributed by atoms with E-state index in [1.54, 1.807) is 24.1 Å². The van der Waals surface area contributed by atoms with Crippen molar-refractivity contribution in [1.29, 1.82) is 0 Å². The minimum atomic E-state index is -0.274. The highest BCUT2D eigenvalue weighted by atomic mass is 16.5. The molecule has 1 aromatic heterocycles. The van der Waals surface area contributed by atoms with E-state index in [4.69, 9.17) is 9.47 Å². The predicted molar refractivity (Wildman–Crippen MR) is 111 cm³/mol. The largest absolute Gasteiger partial charge is 0.496 e. The third-order valence-electron chi connectivity index (χ3n) is 4.14. The Morgan fingerprint density at radius 3 is 2.55 bits per heavy atom. The topological polar surface area (TPSA) is 65.7 Å². The number of ether oxygens (including phenoxy) is 2. The van der Waals surface area contributed by atoms with Crippen molar-refractivity contribution in [3.63, 3.8) is 0 Å². The van der Waals surface area contributed by atoms with Crippen LogP contribution < -0.4 is 14.8 Å². The van der Waals surface area contributed by atoms with Gasteiger partial charge >= 0.3 is 0 Å². The van der Waals surface area contributed by atoms with E-state index >= 15 is 0 Å². The molecule has 0 unspecified atom stereocenters. The molecule has 0 aliphatic carbocycles. The van der Waals surface area contributed by atoms with Crippen molar-refractivity contribution in [3.05, 3.63) is 77.8 Å². The minimum absolute atomic E-state index is 0.153. The zero-order chi connectivity index (χ0) is 20.6. The van der Waals surface area contributed by atoms with Crippen LogP contribution in [0.25, 0.3) is 5.69 Å². The molecule has 0 fully saturated rings. The van der Waals surface area contributed by atoms with Crippen LogP contribution in [0.2, 0.25) is 0 Å². The normalized spacial score (nSPS) is 11.5. The number of aromatic nitrogens is 2. The molecule has 0 atom stereocenters. The Morgan fingerprint density at radius 2 is 1.83 bits per heavy atom. The average molecular weight is 391 g/mol. The van der Waals surface area contributed by atoms with Gasteiger partial charge in [0.1, 0.15) is 5.75 Å². The van der Waals surface area contributed by atoms with E-state index in [1.807, 2.05) is 54.6 Å². The molecule has 150 valence electrons. The SMILES string of the molecule is COc1ccccc1CC(=O)N=c1cnn(-c2ccccc2)c(OCC(C)C)c1. The number of methoxy groups -OCH3 is 1. The van der Waals surface area contributed by atoms with E-state index in [0.717, 1.165) is 11.3 Å². The standard InChI is InChI=1S/C23H25N3O3/c1-17(2)16-29-23-14-19(15-24-26(23)20-10-5-4-6-11-20)25-22(27)13-18-9-7-8-12-21(18)28-3/h4-12,14-15,17H,13,16H2,1-3H3. The third-order valence-corrected chi connectivity index (χ3v) is 4.14. The summed E-state index contributed by atoms with van der Waals surface area (Å²) in [7, 11) is 1.59. The van der Waals surface area contributed by atoms with Gasteiger partial charge in [-0.25, -0.2) is 9.67 Å². The molecule has 2 aromatic carbocycles. The molecule has 3 rings (SSSR count). The van der Waals surface area contributed by atoms with Crippen molar-refractivity contribution in [2.24, 2.45) is 10.9 Å². The number of rotatable bonds is 7. The first-order valence-electron chi connectivity index (χ1n) is 9.54. The molecule has 6 nitrogen and oxygen atoms in total. The monoisotopic (exact) mass is 391 g/mol. The molecule has 0 saturated heterocycles. The number of nitrogens with zero attached hydrogens (tertiary/aromatic N) is 3. The van der Waals surface area contributed by atoms with Gasteiger partial charge < -0.3 is 9.47 Å². The van der Waals surface area contributed by atoms with Crippen LogP contribution in [0.15, 0.2) is 71.9 Å². The van der Waals surface area contributed by atoms with Gasteiger partial charge in [-0.05, 0) is 24.1 Å². The summed E-state index contributed by atoms with van der Waals surface area (Å²) in [5, 5.41) is 4.90. The van der Waals surface area contributed by atoms with Crippen LogP contribution >= 0.6 is 0 Å². The van der Waals surface area contributed by atoms with Crippen LogP contribution in [0.3, 0.4) is 0 Å². The Hall–Kier alpha value is -3.41. The highest BCUT2D eigenvalue weighted by Crippen LogP contribution is 2.18. The van der Waals surface area contributed by atoms with Crippen molar-refractivity contribution in [2.45, 2.75) is 20.3 Å². The zero-order valence-corrected chi connectivity index (χ0v) is 16.9. The molecule has 1 amide bonds. The van der Waals surface area contributed by atoms with E-state index in [-0.39, 0.29) is 12.3 Å². The van der Waals surface area contributed by atoms with Crippen LogP contribution in [0.4, 0.5) is 0 Å². The lowest BCUT2D eigenvalue weighted by molar-refractivity contribution is -0.117. The first kappa shape index (κ1) is 20.3. The second-order valence-corrected chi connectivity index (χ2v) is 7.00. The molecule has 1 heterocycles. The molecule has 0 N–H and O–H groups in total. The summed E-state index contributed by atoms with van der Waals surface area (Å²) in [5.41, 5.74) is 1.67. The number of carbonyl (C=O) groups excluding carboxylic acids is 1. The fraction of sp³-hybridized carbons (Fsp3) is 0.261. The summed E-state index contributed by atoms with van der Waals surface area (Å²) in [6, 6.07) is 18.9. The Labute approximate surface area is 170 Å². The van der Waals surface area contributed by atoms with Crippen LogP contribution in [0.5, 0.6) is 11.6 Å². The van der Waals surface area contributed by atoms with Crippen molar-refractivity contribution in [2.75, 3.05) is 13.7 Å².